The van der Waals surface area contributed by atoms with Crippen LogP contribution in [0.15, 0.2) is 30.3 Å². The largest absolute Gasteiger partial charge is 0.452 e. The van der Waals surface area contributed by atoms with Crippen LogP contribution in [0.1, 0.15) is 60.2 Å². The van der Waals surface area contributed by atoms with Crippen LogP contribution < -0.4 is 0 Å². The zero-order valence-corrected chi connectivity index (χ0v) is 19.9. The van der Waals surface area contributed by atoms with Crippen LogP contribution in [0.5, 0.6) is 0 Å². The molecule has 1 heterocycles. The molecule has 1 amide bonds. The Kier molecular flexibility index (Phi) is 7.70. The van der Waals surface area contributed by atoms with Crippen molar-refractivity contribution in [1.29, 1.82) is 5.26 Å². The third-order valence-electron chi connectivity index (χ3n) is 6.52. The van der Waals surface area contributed by atoms with Crippen LogP contribution >= 0.6 is 0 Å². The predicted octanol–water partition coefficient (Wildman–Crippen LogP) is 4.10. The van der Waals surface area contributed by atoms with E-state index in [0.717, 1.165) is 41.8 Å². The molecule has 1 aliphatic carbocycles. The van der Waals surface area contributed by atoms with Gasteiger partial charge in [0.05, 0.1) is 18.3 Å². The lowest BCUT2D eigenvalue weighted by molar-refractivity contribution is -0.150. The lowest BCUT2D eigenvalue weighted by atomic mass is 9.81. The van der Waals surface area contributed by atoms with Crippen molar-refractivity contribution >= 4 is 18.0 Å². The highest BCUT2D eigenvalue weighted by atomic mass is 16.5. The molecule has 0 saturated heterocycles. The minimum atomic E-state index is -0.794. The number of hydrogen-bond donors (Lipinski definition) is 0. The normalized spacial score (nSPS) is 15.2. The molecule has 7 nitrogen and oxygen atoms in total. The summed E-state index contributed by atoms with van der Waals surface area (Å²) in [6.45, 7) is 6.18. The van der Waals surface area contributed by atoms with E-state index in [1.807, 2.05) is 18.5 Å². The van der Waals surface area contributed by atoms with Gasteiger partial charge in [0.2, 0.25) is 0 Å². The molecule has 0 radical (unpaired) electrons. The van der Waals surface area contributed by atoms with Gasteiger partial charge in [0.25, 0.3) is 5.91 Å². The molecule has 0 bridgehead atoms. The molecule has 1 aromatic heterocycles. The summed E-state index contributed by atoms with van der Waals surface area (Å²) in [5.74, 6) is -0.963. The minimum absolute atomic E-state index is 0.363. The van der Waals surface area contributed by atoms with Gasteiger partial charge in [-0.2, -0.15) is 10.4 Å². The number of esters is 1. The number of amides is 1. The van der Waals surface area contributed by atoms with E-state index in [-0.39, 0.29) is 12.5 Å². The molecule has 1 aliphatic rings. The quantitative estimate of drug-likeness (QED) is 0.470. The smallest absolute Gasteiger partial charge is 0.331 e. The average Bonchev–Trinajstić information content (AvgIpc) is 3.09. The Labute approximate surface area is 195 Å². The van der Waals surface area contributed by atoms with Crippen LogP contribution in [0.2, 0.25) is 0 Å². The second kappa shape index (κ2) is 10.5. The van der Waals surface area contributed by atoms with Gasteiger partial charge in [-0.3, -0.25) is 9.48 Å². The number of hydrogen-bond acceptors (Lipinski definition) is 5. The molecule has 1 aromatic carbocycles. The molecular weight excluding hydrogens is 416 g/mol. The van der Waals surface area contributed by atoms with E-state index in [2.05, 4.69) is 42.4 Å². The van der Waals surface area contributed by atoms with Gasteiger partial charge < -0.3 is 9.64 Å². The van der Waals surface area contributed by atoms with Gasteiger partial charge in [0.1, 0.15) is 5.54 Å². The second-order valence-electron chi connectivity index (χ2n) is 8.83. The lowest BCUT2D eigenvalue weighted by Gasteiger charge is -2.38. The zero-order chi connectivity index (χ0) is 24.0. The van der Waals surface area contributed by atoms with Gasteiger partial charge >= 0.3 is 5.97 Å². The fourth-order valence-corrected chi connectivity index (χ4v) is 4.30. The predicted molar refractivity (Wildman–Crippen MR) is 126 cm³/mol. The Morgan fingerprint density at radius 3 is 2.48 bits per heavy atom. The van der Waals surface area contributed by atoms with Crippen molar-refractivity contribution in [2.75, 3.05) is 13.7 Å². The molecule has 0 atom stereocenters. The van der Waals surface area contributed by atoms with Crippen molar-refractivity contribution in [2.24, 2.45) is 0 Å². The summed E-state index contributed by atoms with van der Waals surface area (Å²) in [6, 6.07) is 10.6. The molecular formula is C26H32N4O3. The highest BCUT2D eigenvalue weighted by Crippen LogP contribution is 2.32. The molecule has 0 aliphatic heterocycles. The van der Waals surface area contributed by atoms with Crippen molar-refractivity contribution in [3.8, 4) is 6.07 Å². The number of carbonyl (C=O) groups is 2. The summed E-state index contributed by atoms with van der Waals surface area (Å²) in [6.07, 6.45) is 7.23. The van der Waals surface area contributed by atoms with Crippen LogP contribution in [0.3, 0.4) is 0 Å². The van der Waals surface area contributed by atoms with Gasteiger partial charge in [-0.05, 0) is 45.3 Å². The maximum Gasteiger partial charge on any atom is 0.331 e. The fraction of sp³-hybridized carbons (Fsp3) is 0.462. The first-order valence-corrected chi connectivity index (χ1v) is 11.4. The van der Waals surface area contributed by atoms with E-state index in [9.17, 15) is 14.9 Å². The molecule has 7 heteroatoms. The van der Waals surface area contributed by atoms with Crippen molar-refractivity contribution in [2.45, 2.75) is 65.0 Å². The Balaban J connectivity index is 1.59. The maximum absolute atomic E-state index is 12.6. The summed E-state index contributed by atoms with van der Waals surface area (Å²) < 4.78 is 7.08. The maximum atomic E-state index is 12.6. The Bertz CT molecular complexity index is 1070. The van der Waals surface area contributed by atoms with Crippen molar-refractivity contribution in [1.82, 2.24) is 14.7 Å². The van der Waals surface area contributed by atoms with E-state index < -0.39 is 11.5 Å². The van der Waals surface area contributed by atoms with Crippen LogP contribution in [-0.2, 0) is 20.9 Å². The summed E-state index contributed by atoms with van der Waals surface area (Å²) in [5.41, 5.74) is 4.18. The molecule has 0 N–H and O–H groups in total. The fourth-order valence-electron chi connectivity index (χ4n) is 4.30. The lowest BCUT2D eigenvalue weighted by Crippen LogP contribution is -2.51. The van der Waals surface area contributed by atoms with Crippen LogP contribution in [0.4, 0.5) is 0 Å². The first kappa shape index (κ1) is 24.2. The third-order valence-corrected chi connectivity index (χ3v) is 6.52. The monoisotopic (exact) mass is 448 g/mol. The number of nitrogens with zero attached hydrogens (tertiary/aromatic N) is 4. The highest BCUT2D eigenvalue weighted by Gasteiger charge is 2.38. The number of likely N-dealkylation sites (N-methyl/N-ethyl adjacent to an activating group) is 1. The topological polar surface area (TPSA) is 88.2 Å². The van der Waals surface area contributed by atoms with Gasteiger partial charge in [-0.1, -0.05) is 49.1 Å². The molecule has 2 aromatic rings. The Morgan fingerprint density at radius 2 is 1.85 bits per heavy atom. The number of ether oxygens (including phenoxy) is 1. The van der Waals surface area contributed by atoms with Gasteiger partial charge in [-0.15, -0.1) is 0 Å². The number of carbonyl (C=O) groups excluding carboxylic acids is 2. The van der Waals surface area contributed by atoms with Crippen molar-refractivity contribution in [3.63, 3.8) is 0 Å². The van der Waals surface area contributed by atoms with Crippen molar-refractivity contribution < 1.29 is 14.3 Å². The summed E-state index contributed by atoms with van der Waals surface area (Å²) >= 11 is 0. The number of nitriles is 1. The molecule has 0 unspecified atom stereocenters. The first-order chi connectivity index (χ1) is 15.8. The van der Waals surface area contributed by atoms with Crippen LogP contribution in [0, 0.1) is 32.1 Å². The van der Waals surface area contributed by atoms with E-state index in [4.69, 9.17) is 4.74 Å². The van der Waals surface area contributed by atoms with E-state index in [0.29, 0.717) is 19.4 Å². The number of aryl methyl sites for hydroxylation is 2. The van der Waals surface area contributed by atoms with Crippen molar-refractivity contribution in [3.05, 3.63) is 58.4 Å². The van der Waals surface area contributed by atoms with Crippen LogP contribution in [-0.4, -0.2) is 45.8 Å². The average molecular weight is 449 g/mol. The molecule has 1 fully saturated rings. The van der Waals surface area contributed by atoms with E-state index in [1.165, 1.54) is 16.5 Å². The van der Waals surface area contributed by atoms with Crippen LogP contribution in [0.25, 0.3) is 6.08 Å². The van der Waals surface area contributed by atoms with Gasteiger partial charge in [-0.25, -0.2) is 4.79 Å². The molecule has 174 valence electrons. The number of aromatic nitrogens is 2. The first-order valence-electron chi connectivity index (χ1n) is 11.4. The standard InChI is InChI=1S/C26H32N4O3/c1-19-8-10-22(11-9-19)16-30-21(3)23(20(2)28-30)12-13-25(32)33-17-24(31)29(4)26(18-27)14-6-5-7-15-26/h8-13H,5-7,14-17H2,1-4H3/b13-12-. The molecule has 33 heavy (non-hydrogen) atoms. The summed E-state index contributed by atoms with van der Waals surface area (Å²) in [7, 11) is 1.62. The Hall–Kier alpha value is -3.40. The molecule has 0 spiro atoms. The molecule has 1 saturated carbocycles. The van der Waals surface area contributed by atoms with E-state index in [1.54, 1.807) is 13.1 Å². The Morgan fingerprint density at radius 1 is 1.18 bits per heavy atom. The number of rotatable bonds is 7. The van der Waals surface area contributed by atoms with Gasteiger partial charge in [0.15, 0.2) is 6.61 Å². The third kappa shape index (κ3) is 5.70. The molecule has 3 rings (SSSR count). The summed E-state index contributed by atoms with van der Waals surface area (Å²) in [4.78, 5) is 26.3. The second-order valence-corrected chi connectivity index (χ2v) is 8.83. The minimum Gasteiger partial charge on any atom is -0.452 e. The van der Waals surface area contributed by atoms with E-state index >= 15 is 0 Å². The SMILES string of the molecule is Cc1ccc(Cn2nc(C)c(/C=C\C(=O)OCC(=O)N(C)C3(C#N)CCCCC3)c2C)cc1. The summed E-state index contributed by atoms with van der Waals surface area (Å²) in [5, 5.41) is 14.2. The highest BCUT2D eigenvalue weighted by molar-refractivity contribution is 5.89. The zero-order valence-electron chi connectivity index (χ0n) is 19.9. The number of benzene rings is 1. The van der Waals surface area contributed by atoms with Gasteiger partial charge in [0, 0.05) is 24.4 Å².